The molecule has 0 saturated carbocycles. The van der Waals surface area contributed by atoms with Crippen molar-refractivity contribution >= 4 is 62.8 Å². The summed E-state index contributed by atoms with van der Waals surface area (Å²) in [5, 5.41) is 8.43. The smallest absolute Gasteiger partial charge is 0.472 e. The van der Waals surface area contributed by atoms with Gasteiger partial charge in [-0.25, -0.2) is 9.13 Å². The maximum Gasteiger partial charge on any atom is 0.472 e. The van der Waals surface area contributed by atoms with E-state index in [0.29, 0.717) is 12.8 Å². The zero-order valence-corrected chi connectivity index (χ0v) is 37.4. The number of aliphatic carboxylic acids is 1. The Morgan fingerprint density at radius 1 is 0.492 bits per heavy atom. The normalized spacial score (nSPS) is 13.5. The third-order valence-electron chi connectivity index (χ3n) is 6.60. The van der Waals surface area contributed by atoms with E-state index in [1.54, 1.807) is 6.92 Å². The number of carboxylic acids is 1. The van der Waals surface area contributed by atoms with Crippen molar-refractivity contribution in [1.29, 1.82) is 0 Å². The summed E-state index contributed by atoms with van der Waals surface area (Å²) in [6.45, 7) is 4.74. The van der Waals surface area contributed by atoms with Gasteiger partial charge in [-0.05, 0) is 19.9 Å². The summed E-state index contributed by atoms with van der Waals surface area (Å²) >= 11 is 0. The molecular weight excluding hydrogens is 864 g/mol. The van der Waals surface area contributed by atoms with E-state index in [1.165, 1.54) is 7.05 Å². The number of ketones is 3. The Hall–Kier alpha value is -3.54. The second-order valence-corrected chi connectivity index (χ2v) is 15.0. The summed E-state index contributed by atoms with van der Waals surface area (Å²) in [7, 11) is -7.40. The molecule has 0 amide bonds. The minimum atomic E-state index is -4.46. The van der Waals surface area contributed by atoms with Gasteiger partial charge in [0.2, 0.25) is 0 Å². The highest BCUT2D eigenvalue weighted by atomic mass is 31.2. The van der Waals surface area contributed by atoms with Crippen LogP contribution in [0, 0.1) is 0 Å². The topological polar surface area (TPSA) is 350 Å². The minimum Gasteiger partial charge on any atom is -0.481 e. The van der Waals surface area contributed by atoms with Crippen LogP contribution in [-0.2, 0) is 94.0 Å². The fourth-order valence-corrected chi connectivity index (χ4v) is 5.38. The molecule has 0 bridgehead atoms. The first kappa shape index (κ1) is 61.8. The Morgan fingerprint density at radius 2 is 0.836 bits per heavy atom. The molecule has 0 spiro atoms. The number of rotatable bonds is 35. The number of Topliss-reactive ketones (excluding diaryl/α,β-unsaturated/α-hetero) is 3. The van der Waals surface area contributed by atoms with E-state index in [4.69, 9.17) is 42.1 Å². The number of phosphoric ester groups is 2. The van der Waals surface area contributed by atoms with Crippen LogP contribution < -0.4 is 5.73 Å². The van der Waals surface area contributed by atoms with Crippen molar-refractivity contribution < 1.29 is 109 Å². The van der Waals surface area contributed by atoms with Gasteiger partial charge >= 0.3 is 45.5 Å². The lowest BCUT2D eigenvalue weighted by molar-refractivity contribution is -0.158. The molecule has 24 nitrogen and oxygen atoms in total. The highest BCUT2D eigenvalue weighted by molar-refractivity contribution is 7.47. The largest absolute Gasteiger partial charge is 0.481 e. The molecular formula is C35H63NO23P2. The molecule has 0 saturated heterocycles. The Morgan fingerprint density at radius 3 is 1.15 bits per heavy atom. The van der Waals surface area contributed by atoms with E-state index < -0.39 is 70.9 Å². The molecule has 0 radical (unpaired) electrons. The van der Waals surface area contributed by atoms with Crippen molar-refractivity contribution in [2.24, 2.45) is 5.73 Å². The Bertz CT molecular complexity index is 1410. The van der Waals surface area contributed by atoms with E-state index in [2.05, 4.69) is 15.2 Å². The fourth-order valence-electron chi connectivity index (χ4n) is 3.80. The van der Waals surface area contributed by atoms with Gasteiger partial charge in [-0.2, -0.15) is 0 Å². The highest BCUT2D eigenvalue weighted by Crippen LogP contribution is 2.44. The molecule has 0 aliphatic carbocycles. The monoisotopic (exact) mass is 927 g/mol. The van der Waals surface area contributed by atoms with Crippen molar-refractivity contribution in [1.82, 2.24) is 0 Å². The number of carbonyl (C=O) groups is 8. The molecule has 5 N–H and O–H groups in total. The third kappa shape index (κ3) is 45.8. The van der Waals surface area contributed by atoms with Gasteiger partial charge in [0, 0.05) is 66.2 Å². The standard InChI is InChI=1S/C18H31O11P.C16H27O12P.CH5N/c1-4-16(21)7-10-25-11-8-17(22)6-5-9-27-30(23,24)28-13-18(29-15(3)20)12-26-14(2)19;1-12(17)25-10-15(28-13(2)18)11-27-29(22,23)26-7-3-4-14(19)5-8-24-9-6-16(20)21;1-2/h18H,4-13H2,1-3H3,(H,23,24);15H,3-11H2,1-2H3,(H,20,21)(H,22,23);2H2,1H3. The highest BCUT2D eigenvalue weighted by Gasteiger charge is 2.26. The maximum atomic E-state index is 11.8. The van der Waals surface area contributed by atoms with E-state index >= 15 is 0 Å². The average molecular weight is 928 g/mol. The number of phosphoric acid groups is 2. The van der Waals surface area contributed by atoms with Crippen molar-refractivity contribution in [2.45, 2.75) is 105 Å². The minimum absolute atomic E-state index is 0.0164. The molecule has 0 rings (SSSR count). The van der Waals surface area contributed by atoms with Gasteiger partial charge in [-0.1, -0.05) is 6.92 Å². The first-order valence-electron chi connectivity index (χ1n) is 18.9. The number of hydrogen-bond acceptors (Lipinski definition) is 21. The quantitative estimate of drug-likeness (QED) is 0.0306. The van der Waals surface area contributed by atoms with Crippen LogP contribution in [0.1, 0.15) is 92.4 Å². The molecule has 0 aromatic heterocycles. The van der Waals surface area contributed by atoms with E-state index in [9.17, 15) is 57.3 Å². The molecule has 4 unspecified atom stereocenters. The number of carboxylic acid groups (broad SMARTS) is 1. The summed E-state index contributed by atoms with van der Waals surface area (Å²) in [4.78, 5) is 108. The fraction of sp³-hybridized carbons (Fsp3) is 0.771. The Balaban J connectivity index is -0.00000106. The van der Waals surface area contributed by atoms with Crippen LogP contribution in [0.4, 0.5) is 0 Å². The van der Waals surface area contributed by atoms with Crippen LogP contribution in [0.25, 0.3) is 0 Å². The van der Waals surface area contributed by atoms with Gasteiger partial charge in [0.15, 0.2) is 12.2 Å². The molecule has 0 heterocycles. The number of nitrogens with two attached hydrogens (primary N) is 1. The molecule has 0 aromatic carbocycles. The maximum absolute atomic E-state index is 11.8. The van der Waals surface area contributed by atoms with Crippen molar-refractivity contribution in [3.63, 3.8) is 0 Å². The van der Waals surface area contributed by atoms with Crippen LogP contribution in [0.3, 0.4) is 0 Å². The molecule has 4 atom stereocenters. The number of carbonyl (C=O) groups excluding carboxylic acids is 7. The predicted octanol–water partition coefficient (Wildman–Crippen LogP) is 2.16. The first-order chi connectivity index (χ1) is 28.6. The summed E-state index contributed by atoms with van der Waals surface area (Å²) in [6.07, 6.45) is -0.697. The third-order valence-corrected chi connectivity index (χ3v) is 8.56. The second kappa shape index (κ2) is 38.2. The average Bonchev–Trinajstić information content (AvgIpc) is 3.17. The predicted molar refractivity (Wildman–Crippen MR) is 209 cm³/mol. The summed E-state index contributed by atoms with van der Waals surface area (Å²) in [6, 6.07) is 0. The SMILES string of the molecule is CC(=O)OCC(COP(=O)(O)OCCCC(=O)CCOCCC(=O)O)OC(C)=O.CCC(=O)CCOCCC(=O)CCCOP(=O)(O)OCC(COC(C)=O)OC(C)=O.CN. The van der Waals surface area contributed by atoms with Gasteiger partial charge in [0.1, 0.15) is 30.6 Å². The lowest BCUT2D eigenvalue weighted by Gasteiger charge is -2.18. The van der Waals surface area contributed by atoms with E-state index in [0.717, 1.165) is 27.7 Å². The molecule has 356 valence electrons. The van der Waals surface area contributed by atoms with Crippen LogP contribution >= 0.6 is 15.6 Å². The molecule has 61 heavy (non-hydrogen) atoms. The van der Waals surface area contributed by atoms with Gasteiger partial charge in [-0.15, -0.1) is 0 Å². The van der Waals surface area contributed by atoms with Gasteiger partial charge in [0.05, 0.1) is 59.3 Å². The zero-order chi connectivity index (χ0) is 47.3. The van der Waals surface area contributed by atoms with Gasteiger partial charge in [0.25, 0.3) is 0 Å². The summed E-state index contributed by atoms with van der Waals surface area (Å²) in [5.74, 6) is -3.77. The van der Waals surface area contributed by atoms with Gasteiger partial charge in [-0.3, -0.25) is 56.5 Å². The number of esters is 4. The summed E-state index contributed by atoms with van der Waals surface area (Å²) in [5.41, 5.74) is 4.50. The molecule has 0 aromatic rings. The Labute approximate surface area is 354 Å². The lowest BCUT2D eigenvalue weighted by Crippen LogP contribution is -2.28. The lowest BCUT2D eigenvalue weighted by atomic mass is 10.2. The second-order valence-electron chi connectivity index (χ2n) is 12.1. The zero-order valence-electron chi connectivity index (χ0n) is 35.6. The van der Waals surface area contributed by atoms with Gasteiger partial charge < -0.3 is 49.0 Å². The van der Waals surface area contributed by atoms with Crippen molar-refractivity contribution in [3.8, 4) is 0 Å². The first-order valence-corrected chi connectivity index (χ1v) is 21.9. The Kier molecular flexibility index (Phi) is 38.6. The number of ether oxygens (including phenoxy) is 6. The summed E-state index contributed by atoms with van der Waals surface area (Å²) < 4.78 is 71.8. The molecule has 0 aliphatic heterocycles. The van der Waals surface area contributed by atoms with E-state index in [1.807, 2.05) is 0 Å². The van der Waals surface area contributed by atoms with Crippen LogP contribution in [0.5, 0.6) is 0 Å². The van der Waals surface area contributed by atoms with Crippen LogP contribution in [0.15, 0.2) is 0 Å². The van der Waals surface area contributed by atoms with Crippen LogP contribution in [0.2, 0.25) is 0 Å². The van der Waals surface area contributed by atoms with E-state index in [-0.39, 0.29) is 115 Å². The number of hydrogen-bond donors (Lipinski definition) is 4. The van der Waals surface area contributed by atoms with Crippen molar-refractivity contribution in [2.75, 3.05) is 73.1 Å². The molecule has 0 aliphatic rings. The molecule has 0 fully saturated rings. The molecule has 26 heteroatoms. The van der Waals surface area contributed by atoms with Crippen molar-refractivity contribution in [3.05, 3.63) is 0 Å². The van der Waals surface area contributed by atoms with Crippen LogP contribution in [-0.4, -0.2) is 147 Å².